The first-order chi connectivity index (χ1) is 25.0. The van der Waals surface area contributed by atoms with E-state index in [1.54, 1.807) is 0 Å². The van der Waals surface area contributed by atoms with E-state index in [-0.39, 0.29) is 10.8 Å². The molecule has 4 N–H and O–H groups in total. The predicted octanol–water partition coefficient (Wildman–Crippen LogP) is 11.2. The lowest BCUT2D eigenvalue weighted by Gasteiger charge is -2.42. The number of hydrogen-bond donors (Lipinski definition) is 4. The largest absolute Gasteiger partial charge is 0.508 e. The third kappa shape index (κ3) is 6.93. The molecule has 0 bridgehead atoms. The monoisotopic (exact) mass is 694 g/mol. The maximum Gasteiger partial charge on any atom is 0.118 e. The van der Waals surface area contributed by atoms with Crippen LogP contribution in [0.5, 0.6) is 23.0 Å². The molecular formula is C48H54O4. The lowest BCUT2D eigenvalue weighted by Crippen LogP contribution is -2.34. The number of aryl methyl sites for hydroxylation is 4. The Labute approximate surface area is 309 Å². The van der Waals surface area contributed by atoms with E-state index in [9.17, 15) is 20.4 Å². The van der Waals surface area contributed by atoms with Crippen molar-refractivity contribution in [3.63, 3.8) is 0 Å². The molecule has 0 saturated heterocycles. The number of phenolic OH excluding ortho intramolecular Hbond substituents is 4. The van der Waals surface area contributed by atoms with Crippen molar-refractivity contribution in [1.82, 2.24) is 0 Å². The summed E-state index contributed by atoms with van der Waals surface area (Å²) in [5.74, 6) is 2.56. The minimum Gasteiger partial charge on any atom is -0.508 e. The number of phenols is 4. The fourth-order valence-electron chi connectivity index (χ4n) is 9.60. The quantitative estimate of drug-likeness (QED) is 0.130. The van der Waals surface area contributed by atoms with Gasteiger partial charge in [0.25, 0.3) is 0 Å². The molecule has 2 aliphatic rings. The minimum absolute atomic E-state index is 0.136. The van der Waals surface area contributed by atoms with Crippen LogP contribution in [0.3, 0.4) is 0 Å². The Hall–Kier alpha value is -4.70. The van der Waals surface area contributed by atoms with Gasteiger partial charge in [0, 0.05) is 10.8 Å². The Morgan fingerprint density at radius 2 is 0.712 bits per heavy atom. The summed E-state index contributed by atoms with van der Waals surface area (Å²) in [4.78, 5) is 0. The maximum absolute atomic E-state index is 10.3. The topological polar surface area (TPSA) is 80.9 Å². The Morgan fingerprint density at radius 3 is 0.981 bits per heavy atom. The zero-order valence-corrected chi connectivity index (χ0v) is 31.3. The summed E-state index contributed by atoms with van der Waals surface area (Å²) in [5.41, 5.74) is 11.2. The summed E-state index contributed by atoms with van der Waals surface area (Å²) < 4.78 is 0. The third-order valence-electron chi connectivity index (χ3n) is 13.0. The second kappa shape index (κ2) is 14.4. The van der Waals surface area contributed by atoms with Gasteiger partial charge in [-0.3, -0.25) is 0 Å². The summed E-state index contributed by atoms with van der Waals surface area (Å²) in [6, 6.07) is 33.7. The van der Waals surface area contributed by atoms with Crippen LogP contribution in [0.2, 0.25) is 0 Å². The Balaban J connectivity index is 1.04. The summed E-state index contributed by atoms with van der Waals surface area (Å²) in [5, 5.41) is 41.3. The van der Waals surface area contributed by atoms with Crippen LogP contribution < -0.4 is 0 Å². The lowest BCUT2D eigenvalue weighted by atomic mass is 9.62. The van der Waals surface area contributed by atoms with E-state index in [2.05, 4.69) is 72.8 Å². The first-order valence-corrected chi connectivity index (χ1v) is 19.2. The number of rotatable bonds is 8. The van der Waals surface area contributed by atoms with Crippen LogP contribution in [0, 0.1) is 39.5 Å². The van der Waals surface area contributed by atoms with Gasteiger partial charge in [0.05, 0.1) is 0 Å². The maximum atomic E-state index is 10.3. The first-order valence-electron chi connectivity index (χ1n) is 19.2. The van der Waals surface area contributed by atoms with E-state index in [0.29, 0.717) is 34.8 Å². The molecule has 7 rings (SSSR count). The van der Waals surface area contributed by atoms with Crippen molar-refractivity contribution in [2.75, 3.05) is 0 Å². The highest BCUT2D eigenvalue weighted by molar-refractivity contribution is 5.49. The van der Waals surface area contributed by atoms with Crippen LogP contribution in [-0.4, -0.2) is 20.4 Å². The average molecular weight is 695 g/mol. The van der Waals surface area contributed by atoms with Gasteiger partial charge in [-0.25, -0.2) is 0 Å². The summed E-state index contributed by atoms with van der Waals surface area (Å²) >= 11 is 0. The summed E-state index contributed by atoms with van der Waals surface area (Å²) in [6.07, 6.45) is 10.8. The predicted molar refractivity (Wildman–Crippen MR) is 211 cm³/mol. The molecule has 0 amide bonds. The molecular weight excluding hydrogens is 641 g/mol. The smallest absolute Gasteiger partial charge is 0.118 e. The van der Waals surface area contributed by atoms with Crippen molar-refractivity contribution >= 4 is 0 Å². The average Bonchev–Trinajstić information content (AvgIpc) is 3.14. The molecule has 2 fully saturated rings. The number of hydrogen-bond acceptors (Lipinski definition) is 4. The highest BCUT2D eigenvalue weighted by Gasteiger charge is 2.40. The Kier molecular flexibility index (Phi) is 9.87. The molecule has 0 heterocycles. The van der Waals surface area contributed by atoms with Gasteiger partial charge in [-0.1, -0.05) is 72.8 Å². The van der Waals surface area contributed by atoms with E-state index < -0.39 is 0 Å². The van der Waals surface area contributed by atoms with E-state index >= 15 is 0 Å². The molecule has 0 unspecified atom stereocenters. The standard InChI is InChI=1S/C48H54O4/c1-31-24-39(8-12-43(31)49)47(40-9-13-44(50)32(2)25-40)20-16-35(17-21-47)28-37-6-5-7-38(30-37)29-36-18-22-48(23-19-36,41-10-14-45(51)33(3)26-41)42-11-15-46(52)34(4)27-42/h5-15,24-27,30,35-36,49-52H,16-23,28-29H2,1-4H3. The second-order valence-electron chi connectivity index (χ2n) is 16.3. The van der Waals surface area contributed by atoms with Crippen LogP contribution in [0.4, 0.5) is 0 Å². The molecule has 0 radical (unpaired) electrons. The zero-order valence-electron chi connectivity index (χ0n) is 31.3. The zero-order chi connectivity index (χ0) is 36.6. The molecule has 2 saturated carbocycles. The fourth-order valence-corrected chi connectivity index (χ4v) is 9.60. The van der Waals surface area contributed by atoms with Crippen LogP contribution in [0.1, 0.15) is 107 Å². The van der Waals surface area contributed by atoms with Gasteiger partial charge in [-0.05, 0) is 184 Å². The molecule has 5 aromatic carbocycles. The van der Waals surface area contributed by atoms with Crippen LogP contribution in [0.25, 0.3) is 0 Å². The van der Waals surface area contributed by atoms with Gasteiger partial charge in [0.2, 0.25) is 0 Å². The van der Waals surface area contributed by atoms with E-state index in [4.69, 9.17) is 0 Å². The Bertz CT molecular complexity index is 1810. The SMILES string of the molecule is Cc1cc(C2(c3ccc(O)c(C)c3)CCC(Cc3cccc(CC4CCC(c5ccc(O)c(C)c5)(c5ccc(O)c(C)c5)CC4)c3)CC2)ccc1O. The molecule has 52 heavy (non-hydrogen) atoms. The molecule has 0 aliphatic heterocycles. The van der Waals surface area contributed by atoms with Crippen molar-refractivity contribution < 1.29 is 20.4 Å². The third-order valence-corrected chi connectivity index (χ3v) is 13.0. The normalized spacial score (nSPS) is 17.6. The molecule has 5 aromatic rings. The van der Waals surface area contributed by atoms with Crippen LogP contribution in [-0.2, 0) is 23.7 Å². The highest BCUT2D eigenvalue weighted by Crippen LogP contribution is 2.50. The first kappa shape index (κ1) is 35.7. The number of aromatic hydroxyl groups is 4. The van der Waals surface area contributed by atoms with Gasteiger partial charge < -0.3 is 20.4 Å². The molecule has 0 spiro atoms. The molecule has 0 atom stereocenters. The van der Waals surface area contributed by atoms with Gasteiger partial charge in [-0.2, -0.15) is 0 Å². The number of benzene rings is 5. The lowest BCUT2D eigenvalue weighted by molar-refractivity contribution is 0.262. The van der Waals surface area contributed by atoms with E-state index in [1.165, 1.54) is 33.4 Å². The molecule has 0 aromatic heterocycles. The van der Waals surface area contributed by atoms with Crippen molar-refractivity contribution in [2.24, 2.45) is 11.8 Å². The van der Waals surface area contributed by atoms with Crippen LogP contribution >= 0.6 is 0 Å². The van der Waals surface area contributed by atoms with Crippen molar-refractivity contribution in [2.45, 2.75) is 103 Å². The molecule has 270 valence electrons. The Morgan fingerprint density at radius 1 is 0.423 bits per heavy atom. The molecule has 4 heteroatoms. The van der Waals surface area contributed by atoms with Gasteiger partial charge in [0.15, 0.2) is 0 Å². The van der Waals surface area contributed by atoms with E-state index in [1.807, 2.05) is 52.0 Å². The molecule has 2 aliphatic carbocycles. The summed E-state index contributed by atoms with van der Waals surface area (Å²) in [6.45, 7) is 7.90. The van der Waals surface area contributed by atoms with Crippen molar-refractivity contribution in [1.29, 1.82) is 0 Å². The van der Waals surface area contributed by atoms with Crippen LogP contribution in [0.15, 0.2) is 97.1 Å². The van der Waals surface area contributed by atoms with Gasteiger partial charge >= 0.3 is 0 Å². The minimum atomic E-state index is -0.136. The van der Waals surface area contributed by atoms with Gasteiger partial charge in [0.1, 0.15) is 23.0 Å². The van der Waals surface area contributed by atoms with E-state index in [0.717, 1.165) is 86.5 Å². The highest BCUT2D eigenvalue weighted by atomic mass is 16.3. The van der Waals surface area contributed by atoms with Crippen molar-refractivity contribution in [3.05, 3.63) is 153 Å². The van der Waals surface area contributed by atoms with Crippen molar-refractivity contribution in [3.8, 4) is 23.0 Å². The summed E-state index contributed by atoms with van der Waals surface area (Å²) in [7, 11) is 0. The fraction of sp³-hybridized carbons (Fsp3) is 0.375. The van der Waals surface area contributed by atoms with Gasteiger partial charge in [-0.15, -0.1) is 0 Å². The molecule has 4 nitrogen and oxygen atoms in total. The second-order valence-corrected chi connectivity index (χ2v) is 16.3.